The van der Waals surface area contributed by atoms with E-state index in [0.29, 0.717) is 6.54 Å². The molecule has 3 heterocycles. The van der Waals surface area contributed by atoms with E-state index in [1.54, 1.807) is 11.3 Å². The van der Waals surface area contributed by atoms with Gasteiger partial charge in [0, 0.05) is 33.3 Å². The highest BCUT2D eigenvalue weighted by Crippen LogP contribution is 2.20. The highest BCUT2D eigenvalue weighted by Gasteiger charge is 2.19. The maximum Gasteiger partial charge on any atom is 0.229 e. The molecule has 1 aromatic carbocycles. The topological polar surface area (TPSA) is 25.9 Å². The summed E-state index contributed by atoms with van der Waals surface area (Å²) < 4.78 is 4.19. The minimum absolute atomic E-state index is 0.149. The van der Waals surface area contributed by atoms with Crippen molar-refractivity contribution in [3.05, 3.63) is 88.1 Å². The summed E-state index contributed by atoms with van der Waals surface area (Å²) in [4.78, 5) is 14.2. The van der Waals surface area contributed by atoms with Crippen LogP contribution in [0.15, 0.2) is 66.3 Å². The van der Waals surface area contributed by atoms with E-state index in [1.807, 2.05) is 42.1 Å². The van der Waals surface area contributed by atoms with E-state index in [9.17, 15) is 4.79 Å². The molecule has 0 radical (unpaired) electrons. The standard InChI is InChI=1S/C22H21N2OS/c1-16-12-21(17(2)24(16)14-20-8-5-11-26-20)22(25)15-23-10-9-18-6-3-4-7-19(18)13-23/h3-13H,14-15H2,1-2H3/q+1. The van der Waals surface area contributed by atoms with Crippen LogP contribution in [0.2, 0.25) is 0 Å². The van der Waals surface area contributed by atoms with Crippen molar-refractivity contribution in [1.82, 2.24) is 4.57 Å². The number of ketones is 1. The maximum absolute atomic E-state index is 12.9. The molecule has 0 atom stereocenters. The number of thiophene rings is 1. The second-order valence-electron chi connectivity index (χ2n) is 6.62. The average Bonchev–Trinajstić information content (AvgIpc) is 3.25. The fraction of sp³-hybridized carbons (Fsp3) is 0.182. The smallest absolute Gasteiger partial charge is 0.229 e. The molecule has 4 heteroatoms. The predicted octanol–water partition coefficient (Wildman–Crippen LogP) is 4.54. The van der Waals surface area contributed by atoms with Gasteiger partial charge < -0.3 is 4.57 Å². The van der Waals surface area contributed by atoms with Gasteiger partial charge in [0.25, 0.3) is 0 Å². The molecule has 0 saturated carbocycles. The molecule has 0 saturated heterocycles. The Morgan fingerprint density at radius 3 is 2.65 bits per heavy atom. The van der Waals surface area contributed by atoms with Crippen molar-refractivity contribution < 1.29 is 9.36 Å². The molecule has 0 fully saturated rings. The molecule has 0 unspecified atom stereocenters. The lowest BCUT2D eigenvalue weighted by molar-refractivity contribution is -0.681. The minimum Gasteiger partial charge on any atom is -0.343 e. The average molecular weight is 361 g/mol. The molecule has 3 aromatic heterocycles. The van der Waals surface area contributed by atoms with Crippen molar-refractivity contribution in [1.29, 1.82) is 0 Å². The molecule has 0 spiro atoms. The van der Waals surface area contributed by atoms with Gasteiger partial charge in [-0.15, -0.1) is 11.3 Å². The Balaban J connectivity index is 1.59. The van der Waals surface area contributed by atoms with Gasteiger partial charge in [-0.1, -0.05) is 24.3 Å². The van der Waals surface area contributed by atoms with Crippen molar-refractivity contribution in [2.45, 2.75) is 26.9 Å². The molecule has 0 bridgehead atoms. The quantitative estimate of drug-likeness (QED) is 0.379. The SMILES string of the molecule is Cc1cc(C(=O)C[n+]2ccc3ccccc3c2)c(C)n1Cc1cccs1. The van der Waals surface area contributed by atoms with Crippen LogP contribution in [-0.2, 0) is 13.1 Å². The van der Waals surface area contributed by atoms with Gasteiger partial charge in [0.15, 0.2) is 12.4 Å². The van der Waals surface area contributed by atoms with E-state index < -0.39 is 0 Å². The van der Waals surface area contributed by atoms with E-state index in [4.69, 9.17) is 0 Å². The van der Waals surface area contributed by atoms with Gasteiger partial charge in [-0.3, -0.25) is 4.79 Å². The lowest BCUT2D eigenvalue weighted by Crippen LogP contribution is -2.37. The number of pyridine rings is 1. The molecule has 130 valence electrons. The lowest BCUT2D eigenvalue weighted by Gasteiger charge is -2.08. The van der Waals surface area contributed by atoms with Gasteiger partial charge in [-0.05, 0) is 42.8 Å². The molecule has 0 aliphatic carbocycles. The number of rotatable bonds is 5. The van der Waals surface area contributed by atoms with Crippen molar-refractivity contribution in [3.63, 3.8) is 0 Å². The third-order valence-electron chi connectivity index (χ3n) is 4.84. The van der Waals surface area contributed by atoms with Crippen molar-refractivity contribution in [3.8, 4) is 0 Å². The van der Waals surface area contributed by atoms with E-state index in [0.717, 1.165) is 28.9 Å². The molecular weight excluding hydrogens is 340 g/mol. The maximum atomic E-state index is 12.9. The number of carbonyl (C=O) groups excluding carboxylic acids is 1. The summed E-state index contributed by atoms with van der Waals surface area (Å²) >= 11 is 1.75. The molecule has 4 rings (SSSR count). The number of fused-ring (bicyclic) bond motifs is 1. The first kappa shape index (κ1) is 16.7. The summed E-state index contributed by atoms with van der Waals surface area (Å²) in [6.07, 6.45) is 4.02. The summed E-state index contributed by atoms with van der Waals surface area (Å²) in [5.74, 6) is 0.149. The van der Waals surface area contributed by atoms with Crippen molar-refractivity contribution in [2.24, 2.45) is 0 Å². The van der Waals surface area contributed by atoms with E-state index in [2.05, 4.69) is 47.2 Å². The van der Waals surface area contributed by atoms with Gasteiger partial charge in [0.05, 0.1) is 6.54 Å². The number of hydrogen-bond acceptors (Lipinski definition) is 2. The summed E-state index contributed by atoms with van der Waals surface area (Å²) in [5, 5.41) is 4.42. The molecule has 0 aliphatic rings. The zero-order chi connectivity index (χ0) is 18.1. The first-order valence-electron chi connectivity index (χ1n) is 8.72. The first-order chi connectivity index (χ1) is 12.6. The predicted molar refractivity (Wildman–Crippen MR) is 106 cm³/mol. The third kappa shape index (κ3) is 3.20. The Labute approximate surface area is 157 Å². The Hall–Kier alpha value is -2.72. The van der Waals surface area contributed by atoms with Gasteiger partial charge in [-0.2, -0.15) is 4.57 Å². The number of benzene rings is 1. The fourth-order valence-electron chi connectivity index (χ4n) is 3.41. The highest BCUT2D eigenvalue weighted by molar-refractivity contribution is 7.09. The highest BCUT2D eigenvalue weighted by atomic mass is 32.1. The largest absolute Gasteiger partial charge is 0.343 e. The number of hydrogen-bond donors (Lipinski definition) is 0. The van der Waals surface area contributed by atoms with Gasteiger partial charge >= 0.3 is 0 Å². The number of aryl methyl sites for hydroxylation is 1. The third-order valence-corrected chi connectivity index (χ3v) is 5.70. The second kappa shape index (κ2) is 6.89. The zero-order valence-electron chi connectivity index (χ0n) is 15.0. The molecule has 0 N–H and O–H groups in total. The molecule has 26 heavy (non-hydrogen) atoms. The first-order valence-corrected chi connectivity index (χ1v) is 9.60. The van der Waals surface area contributed by atoms with Crippen LogP contribution in [0.25, 0.3) is 10.8 Å². The summed E-state index contributed by atoms with van der Waals surface area (Å²) in [6, 6.07) is 16.5. The number of nitrogens with zero attached hydrogens (tertiary/aromatic N) is 2. The van der Waals surface area contributed by atoms with Gasteiger partial charge in [0.2, 0.25) is 12.3 Å². The summed E-state index contributed by atoms with van der Waals surface area (Å²) in [5.41, 5.74) is 2.99. The Kier molecular flexibility index (Phi) is 4.43. The Bertz CT molecular complexity index is 1080. The minimum atomic E-state index is 0.149. The van der Waals surface area contributed by atoms with Crippen LogP contribution in [0.3, 0.4) is 0 Å². The van der Waals surface area contributed by atoms with Crippen LogP contribution in [-0.4, -0.2) is 10.4 Å². The fourth-order valence-corrected chi connectivity index (χ4v) is 4.11. The Morgan fingerprint density at radius 1 is 1.08 bits per heavy atom. The second-order valence-corrected chi connectivity index (χ2v) is 7.65. The monoisotopic (exact) mass is 361 g/mol. The Morgan fingerprint density at radius 2 is 1.88 bits per heavy atom. The van der Waals surface area contributed by atoms with Gasteiger partial charge in [-0.25, -0.2) is 0 Å². The normalized spacial score (nSPS) is 11.2. The van der Waals surface area contributed by atoms with Gasteiger partial charge in [0.1, 0.15) is 0 Å². The van der Waals surface area contributed by atoms with Crippen LogP contribution in [0, 0.1) is 13.8 Å². The van der Waals surface area contributed by atoms with Crippen LogP contribution >= 0.6 is 11.3 Å². The summed E-state index contributed by atoms with van der Waals surface area (Å²) in [6.45, 7) is 5.29. The molecular formula is C22H21N2OS+. The molecule has 0 amide bonds. The zero-order valence-corrected chi connectivity index (χ0v) is 15.8. The molecule has 4 aromatic rings. The number of Topliss-reactive ketones (excluding diaryl/α,β-unsaturated/α-hetero) is 1. The van der Waals surface area contributed by atoms with Crippen LogP contribution in [0.1, 0.15) is 26.6 Å². The van der Waals surface area contributed by atoms with E-state index >= 15 is 0 Å². The van der Waals surface area contributed by atoms with Crippen LogP contribution in [0.5, 0.6) is 0 Å². The van der Waals surface area contributed by atoms with Crippen molar-refractivity contribution in [2.75, 3.05) is 0 Å². The molecule has 0 aliphatic heterocycles. The van der Waals surface area contributed by atoms with Crippen LogP contribution in [0.4, 0.5) is 0 Å². The van der Waals surface area contributed by atoms with Crippen LogP contribution < -0.4 is 4.57 Å². The van der Waals surface area contributed by atoms with E-state index in [-0.39, 0.29) is 5.78 Å². The molecule has 3 nitrogen and oxygen atoms in total. The number of aromatic nitrogens is 2. The van der Waals surface area contributed by atoms with Crippen molar-refractivity contribution >= 4 is 27.9 Å². The van der Waals surface area contributed by atoms with E-state index in [1.165, 1.54) is 10.3 Å². The summed E-state index contributed by atoms with van der Waals surface area (Å²) in [7, 11) is 0. The number of carbonyl (C=O) groups is 1. The lowest BCUT2D eigenvalue weighted by atomic mass is 10.1.